The second-order valence-corrected chi connectivity index (χ2v) is 5.36. The summed E-state index contributed by atoms with van der Waals surface area (Å²) >= 11 is 0. The largest absolute Gasteiger partial charge is 0.416 e. The number of hydrogen-bond donors (Lipinski definition) is 1. The topological polar surface area (TPSA) is 23.5 Å². The molecule has 2 rings (SSSR count). The van der Waals surface area contributed by atoms with Crippen LogP contribution in [0.2, 0.25) is 0 Å². The molecule has 0 atom stereocenters. The number of alkyl halides is 3. The number of aliphatic hydroxyl groups is 1. The first-order valence-corrected chi connectivity index (χ1v) is 6.32. The molecule has 1 saturated heterocycles. The van der Waals surface area contributed by atoms with Crippen molar-refractivity contribution in [2.24, 2.45) is 0 Å². The lowest BCUT2D eigenvalue weighted by molar-refractivity contribution is -0.138. The van der Waals surface area contributed by atoms with E-state index in [4.69, 9.17) is 0 Å². The summed E-state index contributed by atoms with van der Waals surface area (Å²) in [5.74, 6) is 0. The fourth-order valence-electron chi connectivity index (χ4n) is 2.49. The van der Waals surface area contributed by atoms with Crippen LogP contribution in [0, 0.1) is 6.92 Å². The van der Waals surface area contributed by atoms with Crippen LogP contribution < -0.4 is 0 Å². The normalized spacial score (nSPS) is 20.5. The zero-order valence-electron chi connectivity index (χ0n) is 11.1. The summed E-state index contributed by atoms with van der Waals surface area (Å²) in [6.45, 7) is 2.81. The van der Waals surface area contributed by atoms with Crippen molar-refractivity contribution in [3.05, 3.63) is 34.9 Å². The molecule has 1 heterocycles. The van der Waals surface area contributed by atoms with Crippen LogP contribution in [0.15, 0.2) is 18.2 Å². The first kappa shape index (κ1) is 14.3. The molecule has 106 valence electrons. The highest BCUT2D eigenvalue weighted by Gasteiger charge is 2.37. The Morgan fingerprint density at radius 2 is 1.79 bits per heavy atom. The van der Waals surface area contributed by atoms with Crippen molar-refractivity contribution in [2.45, 2.75) is 31.5 Å². The zero-order valence-corrected chi connectivity index (χ0v) is 11.1. The highest BCUT2D eigenvalue weighted by Crippen LogP contribution is 2.37. The number of benzene rings is 1. The quantitative estimate of drug-likeness (QED) is 0.850. The van der Waals surface area contributed by atoms with Crippen molar-refractivity contribution >= 4 is 0 Å². The van der Waals surface area contributed by atoms with Crippen molar-refractivity contribution in [3.8, 4) is 0 Å². The molecule has 1 aromatic rings. The molecule has 0 aromatic heterocycles. The maximum absolute atomic E-state index is 12.9. The fourth-order valence-corrected chi connectivity index (χ4v) is 2.49. The van der Waals surface area contributed by atoms with E-state index in [-0.39, 0.29) is 5.56 Å². The van der Waals surface area contributed by atoms with Gasteiger partial charge in [0.15, 0.2) is 0 Å². The maximum Gasteiger partial charge on any atom is 0.416 e. The SMILES string of the molecule is Cc1ccc(C2(O)CCN(C)CC2)cc1C(F)(F)F. The van der Waals surface area contributed by atoms with Gasteiger partial charge < -0.3 is 10.0 Å². The Kier molecular flexibility index (Phi) is 3.62. The van der Waals surface area contributed by atoms with Crippen molar-refractivity contribution in [3.63, 3.8) is 0 Å². The molecule has 1 aliphatic heterocycles. The van der Waals surface area contributed by atoms with Gasteiger partial charge in [-0.2, -0.15) is 13.2 Å². The molecule has 1 fully saturated rings. The van der Waals surface area contributed by atoms with E-state index < -0.39 is 17.3 Å². The summed E-state index contributed by atoms with van der Waals surface area (Å²) < 4.78 is 38.7. The molecule has 0 bridgehead atoms. The van der Waals surface area contributed by atoms with E-state index in [9.17, 15) is 18.3 Å². The van der Waals surface area contributed by atoms with Gasteiger partial charge in [-0.05, 0) is 44.0 Å². The van der Waals surface area contributed by atoms with Crippen LogP contribution in [0.4, 0.5) is 13.2 Å². The Hall–Kier alpha value is -1.07. The number of halogens is 3. The smallest absolute Gasteiger partial charge is 0.385 e. The lowest BCUT2D eigenvalue weighted by Crippen LogP contribution is -2.40. The highest BCUT2D eigenvalue weighted by molar-refractivity contribution is 5.36. The first-order chi connectivity index (χ1) is 8.72. The van der Waals surface area contributed by atoms with Gasteiger partial charge in [-0.15, -0.1) is 0 Å². The number of aryl methyl sites for hydroxylation is 1. The average molecular weight is 273 g/mol. The van der Waals surface area contributed by atoms with Crippen LogP contribution in [-0.4, -0.2) is 30.1 Å². The highest BCUT2D eigenvalue weighted by atomic mass is 19.4. The first-order valence-electron chi connectivity index (χ1n) is 6.32. The molecule has 1 aliphatic rings. The number of nitrogens with zero attached hydrogens (tertiary/aromatic N) is 1. The third-order valence-corrected chi connectivity index (χ3v) is 3.89. The molecule has 0 unspecified atom stereocenters. The summed E-state index contributed by atoms with van der Waals surface area (Å²) in [6.07, 6.45) is -3.45. The molecule has 1 aromatic carbocycles. The number of hydrogen-bond acceptors (Lipinski definition) is 2. The minimum Gasteiger partial charge on any atom is -0.385 e. The van der Waals surface area contributed by atoms with Gasteiger partial charge in [0.25, 0.3) is 0 Å². The van der Waals surface area contributed by atoms with Gasteiger partial charge in [0.2, 0.25) is 0 Å². The van der Waals surface area contributed by atoms with Gasteiger partial charge in [-0.1, -0.05) is 12.1 Å². The van der Waals surface area contributed by atoms with Crippen LogP contribution in [0.1, 0.15) is 29.5 Å². The van der Waals surface area contributed by atoms with Gasteiger partial charge in [-0.3, -0.25) is 0 Å². The Bertz CT molecular complexity index is 462. The average Bonchev–Trinajstić information content (AvgIpc) is 2.32. The van der Waals surface area contributed by atoms with Crippen molar-refractivity contribution in [1.29, 1.82) is 0 Å². The van der Waals surface area contributed by atoms with Crippen LogP contribution in [0.3, 0.4) is 0 Å². The Morgan fingerprint density at radius 1 is 1.21 bits per heavy atom. The van der Waals surface area contributed by atoms with Crippen molar-refractivity contribution < 1.29 is 18.3 Å². The monoisotopic (exact) mass is 273 g/mol. The number of piperidine rings is 1. The second kappa shape index (κ2) is 4.80. The number of likely N-dealkylation sites (tertiary alicyclic amines) is 1. The van der Waals surface area contributed by atoms with E-state index in [1.165, 1.54) is 13.0 Å². The molecule has 0 radical (unpaired) electrons. The van der Waals surface area contributed by atoms with Gasteiger partial charge in [0.05, 0.1) is 11.2 Å². The number of rotatable bonds is 1. The van der Waals surface area contributed by atoms with Crippen LogP contribution in [0.25, 0.3) is 0 Å². The third kappa shape index (κ3) is 2.92. The van der Waals surface area contributed by atoms with Gasteiger partial charge in [0.1, 0.15) is 0 Å². The molecule has 0 aliphatic carbocycles. The minimum absolute atomic E-state index is 0.188. The van der Waals surface area contributed by atoms with Crippen molar-refractivity contribution in [1.82, 2.24) is 4.90 Å². The van der Waals surface area contributed by atoms with Crippen LogP contribution in [0.5, 0.6) is 0 Å². The molecule has 0 saturated carbocycles. The second-order valence-electron chi connectivity index (χ2n) is 5.36. The van der Waals surface area contributed by atoms with Gasteiger partial charge in [-0.25, -0.2) is 0 Å². The van der Waals surface area contributed by atoms with E-state index in [1.807, 2.05) is 7.05 Å². The predicted molar refractivity (Wildman–Crippen MR) is 66.8 cm³/mol. The maximum atomic E-state index is 12.9. The molecule has 1 N–H and O–H groups in total. The molecule has 2 nitrogen and oxygen atoms in total. The Morgan fingerprint density at radius 3 is 2.32 bits per heavy atom. The molecule has 0 amide bonds. The lowest BCUT2D eigenvalue weighted by atomic mass is 9.83. The summed E-state index contributed by atoms with van der Waals surface area (Å²) in [6, 6.07) is 4.14. The van der Waals surface area contributed by atoms with Crippen molar-refractivity contribution in [2.75, 3.05) is 20.1 Å². The summed E-state index contributed by atoms with van der Waals surface area (Å²) in [7, 11) is 1.94. The summed E-state index contributed by atoms with van der Waals surface area (Å²) in [5.41, 5.74) is -1.23. The lowest BCUT2D eigenvalue weighted by Gasteiger charge is -2.37. The van der Waals surface area contributed by atoms with Crippen LogP contribution in [-0.2, 0) is 11.8 Å². The molecular weight excluding hydrogens is 255 g/mol. The molecule has 0 spiro atoms. The molecule has 19 heavy (non-hydrogen) atoms. The summed E-state index contributed by atoms with van der Waals surface area (Å²) in [5, 5.41) is 10.5. The zero-order chi connectivity index (χ0) is 14.3. The van der Waals surface area contributed by atoms with Gasteiger partial charge >= 0.3 is 6.18 Å². The van der Waals surface area contributed by atoms with Crippen LogP contribution >= 0.6 is 0 Å². The summed E-state index contributed by atoms with van der Waals surface area (Å²) in [4.78, 5) is 2.06. The van der Waals surface area contributed by atoms with E-state index in [0.717, 1.165) is 6.07 Å². The molecular formula is C14H18F3NO. The van der Waals surface area contributed by atoms with E-state index in [0.29, 0.717) is 31.5 Å². The fraction of sp³-hybridized carbons (Fsp3) is 0.571. The minimum atomic E-state index is -4.37. The van der Waals surface area contributed by atoms with E-state index in [2.05, 4.69) is 4.90 Å². The van der Waals surface area contributed by atoms with E-state index >= 15 is 0 Å². The third-order valence-electron chi connectivity index (χ3n) is 3.89. The van der Waals surface area contributed by atoms with Gasteiger partial charge in [0, 0.05) is 13.1 Å². The Labute approximate surface area is 110 Å². The Balaban J connectivity index is 2.36. The standard InChI is InChI=1S/C14H18F3NO/c1-10-3-4-11(9-12(10)14(15,16)17)13(19)5-7-18(2)8-6-13/h3-4,9,19H,5-8H2,1-2H3. The predicted octanol–water partition coefficient (Wildman–Crippen LogP) is 2.93. The van der Waals surface area contributed by atoms with E-state index in [1.54, 1.807) is 6.07 Å². The molecule has 5 heteroatoms.